The van der Waals surface area contributed by atoms with Gasteiger partial charge in [0.2, 0.25) is 4.96 Å². The van der Waals surface area contributed by atoms with E-state index in [2.05, 4.69) is 10.1 Å². The van der Waals surface area contributed by atoms with Crippen LogP contribution in [0.1, 0.15) is 15.9 Å². The van der Waals surface area contributed by atoms with Gasteiger partial charge in [-0.25, -0.2) is 9.37 Å². The number of aromatic nitrogens is 3. The fourth-order valence-corrected chi connectivity index (χ4v) is 4.70. The Kier molecular flexibility index (Phi) is 5.18. The molecule has 0 aliphatic carbocycles. The molecule has 32 heavy (non-hydrogen) atoms. The molecule has 162 valence electrons. The molecule has 1 aliphatic heterocycles. The van der Waals surface area contributed by atoms with Crippen molar-refractivity contribution in [2.24, 2.45) is 0 Å². The van der Waals surface area contributed by atoms with Crippen LogP contribution in [0.3, 0.4) is 0 Å². The van der Waals surface area contributed by atoms with Crippen LogP contribution >= 0.6 is 11.3 Å². The molecular weight excluding hydrogens is 429 g/mol. The van der Waals surface area contributed by atoms with Crippen LogP contribution in [0.5, 0.6) is 0 Å². The lowest BCUT2D eigenvalue weighted by Crippen LogP contribution is -2.49. The van der Waals surface area contributed by atoms with E-state index in [1.165, 1.54) is 34.1 Å². The summed E-state index contributed by atoms with van der Waals surface area (Å²) in [5, 5.41) is 5.17. The molecule has 1 saturated heterocycles. The van der Waals surface area contributed by atoms with Gasteiger partial charge >= 0.3 is 0 Å². The van der Waals surface area contributed by atoms with Gasteiger partial charge in [-0.3, -0.25) is 9.59 Å². The van der Waals surface area contributed by atoms with E-state index in [-0.39, 0.29) is 17.0 Å². The maximum atomic E-state index is 14.0. The van der Waals surface area contributed by atoms with Crippen LogP contribution in [0.15, 0.2) is 59.4 Å². The van der Waals surface area contributed by atoms with Crippen LogP contribution in [-0.2, 0) is 0 Å². The standard InChI is InChI=1S/C23H20FN5O2S/c1-15-5-4-6-16(13-15)21-26-29-20(30)14-19(25-23(29)32-21)27-9-11-28(12-10-27)22(31)17-7-2-3-8-18(17)24/h2-8,13-14H,9-12H2,1H3. The first-order valence-corrected chi connectivity index (χ1v) is 11.1. The zero-order valence-electron chi connectivity index (χ0n) is 17.4. The second kappa shape index (κ2) is 8.16. The summed E-state index contributed by atoms with van der Waals surface area (Å²) < 4.78 is 15.3. The predicted octanol–water partition coefficient (Wildman–Crippen LogP) is 3.23. The summed E-state index contributed by atoms with van der Waals surface area (Å²) in [5.41, 5.74) is 1.89. The SMILES string of the molecule is Cc1cccc(-c2nn3c(=O)cc(N4CCN(C(=O)c5ccccc5F)CC4)nc3s2)c1. The minimum Gasteiger partial charge on any atom is -0.353 e. The molecule has 0 saturated carbocycles. The number of carbonyl (C=O) groups excluding carboxylic acids is 1. The Morgan fingerprint density at radius 3 is 2.56 bits per heavy atom. The Morgan fingerprint density at radius 2 is 1.81 bits per heavy atom. The third-order valence-corrected chi connectivity index (χ3v) is 6.45. The second-order valence-electron chi connectivity index (χ2n) is 7.68. The van der Waals surface area contributed by atoms with Gasteiger partial charge in [-0.15, -0.1) is 0 Å². The quantitative estimate of drug-likeness (QED) is 0.480. The van der Waals surface area contributed by atoms with Crippen molar-refractivity contribution < 1.29 is 9.18 Å². The van der Waals surface area contributed by atoms with Crippen molar-refractivity contribution in [1.29, 1.82) is 0 Å². The van der Waals surface area contributed by atoms with E-state index >= 15 is 0 Å². The minimum atomic E-state index is -0.519. The van der Waals surface area contributed by atoms with Gasteiger partial charge in [0.1, 0.15) is 16.6 Å². The smallest absolute Gasteiger partial charge is 0.277 e. The third kappa shape index (κ3) is 3.75. The maximum absolute atomic E-state index is 14.0. The lowest BCUT2D eigenvalue weighted by Gasteiger charge is -2.35. The molecule has 3 heterocycles. The van der Waals surface area contributed by atoms with Crippen molar-refractivity contribution in [2.45, 2.75) is 6.92 Å². The fourth-order valence-electron chi connectivity index (χ4n) is 3.80. The van der Waals surface area contributed by atoms with Crippen molar-refractivity contribution in [3.05, 3.63) is 81.9 Å². The van der Waals surface area contributed by atoms with Crippen LogP contribution in [0, 0.1) is 12.7 Å². The van der Waals surface area contributed by atoms with Crippen molar-refractivity contribution in [3.8, 4) is 10.6 Å². The predicted molar refractivity (Wildman–Crippen MR) is 122 cm³/mol. The highest BCUT2D eigenvalue weighted by molar-refractivity contribution is 7.19. The Labute approximate surface area is 187 Å². The number of halogens is 1. The molecule has 5 rings (SSSR count). The van der Waals surface area contributed by atoms with Gasteiger partial charge in [0, 0.05) is 37.8 Å². The first-order chi connectivity index (χ1) is 15.5. The number of hydrogen-bond acceptors (Lipinski definition) is 6. The Hall–Kier alpha value is -3.59. The van der Waals surface area contributed by atoms with E-state index in [4.69, 9.17) is 0 Å². The highest BCUT2D eigenvalue weighted by Gasteiger charge is 2.25. The van der Waals surface area contributed by atoms with E-state index < -0.39 is 5.82 Å². The average molecular weight is 450 g/mol. The number of fused-ring (bicyclic) bond motifs is 1. The van der Waals surface area contributed by atoms with Gasteiger partial charge in [-0.1, -0.05) is 47.2 Å². The molecule has 0 spiro atoms. The average Bonchev–Trinajstić information content (AvgIpc) is 3.24. The normalized spacial score (nSPS) is 14.2. The number of aryl methyl sites for hydroxylation is 1. The molecule has 9 heteroatoms. The monoisotopic (exact) mass is 449 g/mol. The maximum Gasteiger partial charge on any atom is 0.277 e. The van der Waals surface area contributed by atoms with Crippen LogP contribution in [-0.4, -0.2) is 51.6 Å². The zero-order chi connectivity index (χ0) is 22.2. The molecule has 0 bridgehead atoms. The van der Waals surface area contributed by atoms with E-state index in [0.717, 1.165) is 16.1 Å². The van der Waals surface area contributed by atoms with Crippen molar-refractivity contribution in [2.75, 3.05) is 31.1 Å². The molecule has 2 aromatic carbocycles. The van der Waals surface area contributed by atoms with Crippen LogP contribution < -0.4 is 10.5 Å². The Morgan fingerprint density at radius 1 is 1.03 bits per heavy atom. The summed E-state index contributed by atoms with van der Waals surface area (Å²) in [6.45, 7) is 3.87. The van der Waals surface area contributed by atoms with Gasteiger partial charge in [0.05, 0.1) is 5.56 Å². The van der Waals surface area contributed by atoms with Crippen molar-refractivity contribution in [1.82, 2.24) is 19.5 Å². The molecule has 7 nitrogen and oxygen atoms in total. The van der Waals surface area contributed by atoms with E-state index in [1.54, 1.807) is 17.0 Å². The van der Waals surface area contributed by atoms with Gasteiger partial charge < -0.3 is 9.80 Å². The van der Waals surface area contributed by atoms with Gasteiger partial charge in [0.25, 0.3) is 11.5 Å². The first kappa shape index (κ1) is 20.3. The molecule has 1 aliphatic rings. The number of carbonyl (C=O) groups is 1. The third-order valence-electron chi connectivity index (χ3n) is 5.49. The first-order valence-electron chi connectivity index (χ1n) is 10.3. The largest absolute Gasteiger partial charge is 0.353 e. The topological polar surface area (TPSA) is 70.8 Å². The second-order valence-corrected chi connectivity index (χ2v) is 8.64. The summed E-state index contributed by atoms with van der Waals surface area (Å²) in [5.74, 6) is -0.279. The number of benzene rings is 2. The number of anilines is 1. The summed E-state index contributed by atoms with van der Waals surface area (Å²) in [4.78, 5) is 34.1. The summed E-state index contributed by atoms with van der Waals surface area (Å²) in [7, 11) is 0. The highest BCUT2D eigenvalue weighted by Crippen LogP contribution is 2.26. The lowest BCUT2D eigenvalue weighted by molar-refractivity contribution is 0.0742. The van der Waals surface area contributed by atoms with Gasteiger partial charge in [0.15, 0.2) is 0 Å². The molecule has 0 radical (unpaired) electrons. The molecule has 0 atom stereocenters. The number of piperazine rings is 1. The summed E-state index contributed by atoms with van der Waals surface area (Å²) >= 11 is 1.36. The van der Waals surface area contributed by atoms with Crippen LogP contribution in [0.2, 0.25) is 0 Å². The number of rotatable bonds is 3. The zero-order valence-corrected chi connectivity index (χ0v) is 18.2. The minimum absolute atomic E-state index is 0.0760. The van der Waals surface area contributed by atoms with E-state index in [1.807, 2.05) is 36.1 Å². The number of hydrogen-bond donors (Lipinski definition) is 0. The number of amides is 1. The van der Waals surface area contributed by atoms with Crippen LogP contribution in [0.25, 0.3) is 15.5 Å². The number of nitrogens with zero attached hydrogens (tertiary/aromatic N) is 5. The van der Waals surface area contributed by atoms with E-state index in [9.17, 15) is 14.0 Å². The molecule has 0 unspecified atom stereocenters. The van der Waals surface area contributed by atoms with Crippen molar-refractivity contribution >= 4 is 28.0 Å². The molecule has 2 aromatic heterocycles. The Bertz CT molecular complexity index is 1370. The Balaban J connectivity index is 1.36. The molecular formula is C23H20FN5O2S. The molecule has 1 fully saturated rings. The fraction of sp³-hybridized carbons (Fsp3) is 0.217. The van der Waals surface area contributed by atoms with Crippen molar-refractivity contribution in [3.63, 3.8) is 0 Å². The highest BCUT2D eigenvalue weighted by atomic mass is 32.1. The summed E-state index contributed by atoms with van der Waals surface area (Å²) in [6, 6.07) is 15.4. The molecule has 0 N–H and O–H groups in total. The van der Waals surface area contributed by atoms with Gasteiger partial charge in [-0.2, -0.15) is 9.61 Å². The lowest BCUT2D eigenvalue weighted by atomic mass is 10.1. The summed E-state index contributed by atoms with van der Waals surface area (Å²) in [6.07, 6.45) is 0. The van der Waals surface area contributed by atoms with Crippen LogP contribution in [0.4, 0.5) is 10.2 Å². The van der Waals surface area contributed by atoms with E-state index in [0.29, 0.717) is 37.0 Å². The molecule has 4 aromatic rings. The molecule has 1 amide bonds. The van der Waals surface area contributed by atoms with Gasteiger partial charge in [-0.05, 0) is 25.1 Å².